The number of rotatable bonds is 3. The van der Waals surface area contributed by atoms with Crippen molar-refractivity contribution in [2.24, 2.45) is 0 Å². The third-order valence-electron chi connectivity index (χ3n) is 2.99. The van der Waals surface area contributed by atoms with E-state index in [1.54, 1.807) is 19.5 Å². The van der Waals surface area contributed by atoms with Crippen molar-refractivity contribution in [3.63, 3.8) is 0 Å². The first kappa shape index (κ1) is 11.6. The molecular weight excluding hydrogens is 244 g/mol. The Labute approximate surface area is 110 Å². The molecule has 1 atom stereocenters. The summed E-state index contributed by atoms with van der Waals surface area (Å²) in [4.78, 5) is 11.5. The third-order valence-corrected chi connectivity index (χ3v) is 2.99. The Balaban J connectivity index is 1.74. The van der Waals surface area contributed by atoms with E-state index < -0.39 is 6.10 Å². The molecule has 1 aromatic heterocycles. The fourth-order valence-corrected chi connectivity index (χ4v) is 1.92. The van der Waals surface area contributed by atoms with Crippen molar-refractivity contribution in [2.75, 3.05) is 10.6 Å². The molecule has 2 heterocycles. The number of nitrogens with one attached hydrogen (secondary N) is 2. The molecule has 0 radical (unpaired) electrons. The summed E-state index contributed by atoms with van der Waals surface area (Å²) < 4.78 is 10.5. The second kappa shape index (κ2) is 4.68. The summed E-state index contributed by atoms with van der Waals surface area (Å²) in [5.74, 6) is 0.570. The lowest BCUT2D eigenvalue weighted by Gasteiger charge is -2.23. The SMILES string of the molecule is CC1Oc2ccc(NCc3ccoc3)cc2NC1=O. The Kier molecular flexibility index (Phi) is 2.87. The van der Waals surface area contributed by atoms with Crippen molar-refractivity contribution in [2.45, 2.75) is 19.6 Å². The lowest BCUT2D eigenvalue weighted by Crippen LogP contribution is -2.34. The maximum absolute atomic E-state index is 11.5. The van der Waals surface area contributed by atoms with Gasteiger partial charge in [0.05, 0.1) is 18.2 Å². The van der Waals surface area contributed by atoms with Crippen LogP contribution in [0.5, 0.6) is 5.75 Å². The van der Waals surface area contributed by atoms with Gasteiger partial charge in [-0.25, -0.2) is 0 Å². The first-order valence-electron chi connectivity index (χ1n) is 6.09. The number of furan rings is 1. The summed E-state index contributed by atoms with van der Waals surface area (Å²) in [6.07, 6.45) is 2.88. The van der Waals surface area contributed by atoms with Gasteiger partial charge in [-0.15, -0.1) is 0 Å². The summed E-state index contributed by atoms with van der Waals surface area (Å²) in [7, 11) is 0. The second-order valence-corrected chi connectivity index (χ2v) is 4.45. The number of fused-ring (bicyclic) bond motifs is 1. The summed E-state index contributed by atoms with van der Waals surface area (Å²) in [6.45, 7) is 2.39. The van der Waals surface area contributed by atoms with Crippen LogP contribution in [0.15, 0.2) is 41.2 Å². The quantitative estimate of drug-likeness (QED) is 0.888. The van der Waals surface area contributed by atoms with E-state index in [0.29, 0.717) is 18.0 Å². The summed E-state index contributed by atoms with van der Waals surface area (Å²) in [5, 5.41) is 6.08. The highest BCUT2D eigenvalue weighted by Crippen LogP contribution is 2.32. The number of carbonyl (C=O) groups is 1. The van der Waals surface area contributed by atoms with E-state index in [-0.39, 0.29) is 5.91 Å². The van der Waals surface area contributed by atoms with Crippen LogP contribution in [-0.4, -0.2) is 12.0 Å². The van der Waals surface area contributed by atoms with E-state index in [1.807, 2.05) is 24.3 Å². The highest BCUT2D eigenvalue weighted by Gasteiger charge is 2.23. The van der Waals surface area contributed by atoms with Crippen LogP contribution < -0.4 is 15.4 Å². The van der Waals surface area contributed by atoms with Gasteiger partial charge in [0.1, 0.15) is 5.75 Å². The number of amides is 1. The maximum atomic E-state index is 11.5. The minimum absolute atomic E-state index is 0.125. The van der Waals surface area contributed by atoms with Gasteiger partial charge in [0.15, 0.2) is 6.10 Å². The van der Waals surface area contributed by atoms with E-state index in [9.17, 15) is 4.79 Å². The molecular formula is C14H14N2O3. The Bertz CT molecular complexity index is 593. The normalized spacial score (nSPS) is 17.3. The number of hydrogen-bond donors (Lipinski definition) is 2. The molecule has 1 aliphatic heterocycles. The highest BCUT2D eigenvalue weighted by atomic mass is 16.5. The first-order valence-corrected chi connectivity index (χ1v) is 6.09. The molecule has 19 heavy (non-hydrogen) atoms. The molecule has 0 saturated heterocycles. The van der Waals surface area contributed by atoms with Gasteiger partial charge in [0, 0.05) is 17.8 Å². The predicted octanol–water partition coefficient (Wildman–Crippen LogP) is 2.61. The molecule has 1 unspecified atom stereocenters. The van der Waals surface area contributed by atoms with Crippen LogP contribution in [0, 0.1) is 0 Å². The number of ether oxygens (including phenoxy) is 1. The molecule has 0 saturated carbocycles. The molecule has 0 fully saturated rings. The maximum Gasteiger partial charge on any atom is 0.265 e. The van der Waals surface area contributed by atoms with Gasteiger partial charge < -0.3 is 19.8 Å². The minimum atomic E-state index is -0.447. The molecule has 98 valence electrons. The molecule has 0 bridgehead atoms. The summed E-state index contributed by atoms with van der Waals surface area (Å²) >= 11 is 0. The van der Waals surface area contributed by atoms with Crippen LogP contribution in [0.3, 0.4) is 0 Å². The molecule has 3 rings (SSSR count). The highest BCUT2D eigenvalue weighted by molar-refractivity contribution is 5.98. The smallest absolute Gasteiger partial charge is 0.265 e. The average molecular weight is 258 g/mol. The number of anilines is 2. The van der Waals surface area contributed by atoms with Gasteiger partial charge >= 0.3 is 0 Å². The summed E-state index contributed by atoms with van der Waals surface area (Å²) in [6, 6.07) is 7.53. The van der Waals surface area contributed by atoms with E-state index >= 15 is 0 Å². The van der Waals surface area contributed by atoms with Crippen molar-refractivity contribution >= 4 is 17.3 Å². The van der Waals surface area contributed by atoms with Crippen LogP contribution in [0.1, 0.15) is 12.5 Å². The Morgan fingerprint density at radius 1 is 1.37 bits per heavy atom. The zero-order valence-electron chi connectivity index (χ0n) is 10.5. The topological polar surface area (TPSA) is 63.5 Å². The standard InChI is InChI=1S/C14H14N2O3/c1-9-14(17)16-12-6-11(2-3-13(12)19-9)15-7-10-4-5-18-8-10/h2-6,8-9,15H,7H2,1H3,(H,16,17). The molecule has 0 aliphatic carbocycles. The molecule has 0 spiro atoms. The van der Waals surface area contributed by atoms with Gasteiger partial charge in [0.2, 0.25) is 0 Å². The van der Waals surface area contributed by atoms with Gasteiger partial charge in [-0.2, -0.15) is 0 Å². The first-order chi connectivity index (χ1) is 9.22. The molecule has 5 heteroatoms. The monoisotopic (exact) mass is 258 g/mol. The molecule has 1 amide bonds. The van der Waals surface area contributed by atoms with Gasteiger partial charge in [-0.05, 0) is 31.2 Å². The molecule has 2 N–H and O–H groups in total. The van der Waals surface area contributed by atoms with Gasteiger partial charge in [0.25, 0.3) is 5.91 Å². The van der Waals surface area contributed by atoms with E-state index in [4.69, 9.17) is 9.15 Å². The lowest BCUT2D eigenvalue weighted by molar-refractivity contribution is -0.122. The zero-order valence-corrected chi connectivity index (χ0v) is 10.5. The Morgan fingerprint density at radius 3 is 3.05 bits per heavy atom. The lowest BCUT2D eigenvalue weighted by atomic mass is 10.2. The Hall–Kier alpha value is -2.43. The minimum Gasteiger partial charge on any atom is -0.479 e. The van der Waals surface area contributed by atoms with Gasteiger partial charge in [-0.1, -0.05) is 0 Å². The second-order valence-electron chi connectivity index (χ2n) is 4.45. The van der Waals surface area contributed by atoms with Crippen LogP contribution >= 0.6 is 0 Å². The Morgan fingerprint density at radius 2 is 2.26 bits per heavy atom. The zero-order chi connectivity index (χ0) is 13.2. The van der Waals surface area contributed by atoms with Crippen LogP contribution in [0.2, 0.25) is 0 Å². The van der Waals surface area contributed by atoms with Crippen molar-refractivity contribution in [3.8, 4) is 5.75 Å². The van der Waals surface area contributed by atoms with Crippen molar-refractivity contribution in [3.05, 3.63) is 42.4 Å². The van der Waals surface area contributed by atoms with E-state index in [1.165, 1.54) is 0 Å². The van der Waals surface area contributed by atoms with Crippen LogP contribution in [0.25, 0.3) is 0 Å². The van der Waals surface area contributed by atoms with E-state index in [2.05, 4.69) is 10.6 Å². The molecule has 1 aliphatic rings. The molecule has 1 aromatic carbocycles. The molecule has 2 aromatic rings. The fraction of sp³-hybridized carbons (Fsp3) is 0.214. The number of carbonyl (C=O) groups excluding carboxylic acids is 1. The largest absolute Gasteiger partial charge is 0.479 e. The number of benzene rings is 1. The number of hydrogen-bond acceptors (Lipinski definition) is 4. The average Bonchev–Trinajstić information content (AvgIpc) is 2.91. The predicted molar refractivity (Wildman–Crippen MR) is 71.2 cm³/mol. The fourth-order valence-electron chi connectivity index (χ4n) is 1.92. The van der Waals surface area contributed by atoms with Crippen LogP contribution in [0.4, 0.5) is 11.4 Å². The van der Waals surface area contributed by atoms with Crippen LogP contribution in [-0.2, 0) is 11.3 Å². The molecule has 5 nitrogen and oxygen atoms in total. The van der Waals surface area contributed by atoms with Crippen molar-refractivity contribution in [1.29, 1.82) is 0 Å². The summed E-state index contributed by atoms with van der Waals surface area (Å²) in [5.41, 5.74) is 2.67. The van der Waals surface area contributed by atoms with E-state index in [0.717, 1.165) is 11.3 Å². The van der Waals surface area contributed by atoms with Gasteiger partial charge in [-0.3, -0.25) is 4.79 Å². The van der Waals surface area contributed by atoms with Crippen molar-refractivity contribution in [1.82, 2.24) is 0 Å². The van der Waals surface area contributed by atoms with Crippen molar-refractivity contribution < 1.29 is 13.9 Å². The third kappa shape index (κ3) is 2.40.